The fourth-order valence-electron chi connectivity index (χ4n) is 2.77. The molecule has 20 heavy (non-hydrogen) atoms. The van der Waals surface area contributed by atoms with Gasteiger partial charge in [-0.15, -0.1) is 0 Å². The van der Waals surface area contributed by atoms with Crippen molar-refractivity contribution in [1.29, 1.82) is 0 Å². The molecule has 0 aromatic rings. The summed E-state index contributed by atoms with van der Waals surface area (Å²) in [4.78, 5) is 14.4. The number of methoxy groups -OCH3 is 1. The number of carbonyl (C=O) groups excluding carboxylic acids is 1. The molecule has 1 aliphatic rings. The fraction of sp³-hybridized carbons (Fsp3) is 0.933. The third-order valence-electron chi connectivity index (χ3n) is 3.78. The number of rotatable bonds is 6. The SMILES string of the molecule is COCC1CCN(C(CN)CC(=O)NC(C)(C)C)CC1. The number of likely N-dealkylation sites (tertiary alicyclic amines) is 1. The van der Waals surface area contributed by atoms with Gasteiger partial charge < -0.3 is 15.8 Å². The molecular weight excluding hydrogens is 254 g/mol. The quantitative estimate of drug-likeness (QED) is 0.763. The van der Waals surface area contributed by atoms with Crippen LogP contribution in [0.5, 0.6) is 0 Å². The van der Waals surface area contributed by atoms with Gasteiger partial charge in [0, 0.05) is 38.3 Å². The van der Waals surface area contributed by atoms with E-state index in [1.165, 1.54) is 0 Å². The van der Waals surface area contributed by atoms with Crippen LogP contribution in [0, 0.1) is 5.92 Å². The molecule has 5 heteroatoms. The number of nitrogens with two attached hydrogens (primary N) is 1. The second-order valence-electron chi connectivity index (χ2n) is 6.83. The lowest BCUT2D eigenvalue weighted by Gasteiger charge is -2.37. The van der Waals surface area contributed by atoms with Crippen molar-refractivity contribution in [2.24, 2.45) is 11.7 Å². The normalized spacial score (nSPS) is 19.9. The summed E-state index contributed by atoms with van der Waals surface area (Å²) in [7, 11) is 1.76. The summed E-state index contributed by atoms with van der Waals surface area (Å²) >= 11 is 0. The average Bonchev–Trinajstić information content (AvgIpc) is 2.35. The van der Waals surface area contributed by atoms with Crippen molar-refractivity contribution in [2.45, 2.75) is 51.6 Å². The Hall–Kier alpha value is -0.650. The van der Waals surface area contributed by atoms with E-state index in [1.54, 1.807) is 7.11 Å². The Morgan fingerprint density at radius 3 is 2.45 bits per heavy atom. The number of ether oxygens (including phenoxy) is 1. The fourth-order valence-corrected chi connectivity index (χ4v) is 2.77. The standard InChI is InChI=1S/C15H31N3O2/c1-15(2,3)17-14(19)9-13(10-16)18-7-5-12(6-8-18)11-20-4/h12-13H,5-11,16H2,1-4H3,(H,17,19). The average molecular weight is 285 g/mol. The highest BCUT2D eigenvalue weighted by Gasteiger charge is 2.26. The molecule has 1 fully saturated rings. The third kappa shape index (κ3) is 6.20. The number of carbonyl (C=O) groups is 1. The molecule has 0 radical (unpaired) electrons. The first-order chi connectivity index (χ1) is 9.35. The molecule has 0 aliphatic carbocycles. The lowest BCUT2D eigenvalue weighted by molar-refractivity contribution is -0.123. The second kappa shape index (κ2) is 7.96. The predicted octanol–water partition coefficient (Wildman–Crippen LogP) is 0.977. The Labute approximate surface area is 123 Å². The summed E-state index contributed by atoms with van der Waals surface area (Å²) in [5.74, 6) is 0.741. The van der Waals surface area contributed by atoms with Crippen molar-refractivity contribution < 1.29 is 9.53 Å². The minimum absolute atomic E-state index is 0.0898. The Morgan fingerprint density at radius 1 is 1.40 bits per heavy atom. The molecule has 1 aliphatic heterocycles. The Bertz CT molecular complexity index is 294. The molecule has 0 aromatic carbocycles. The van der Waals surface area contributed by atoms with E-state index in [0.717, 1.165) is 32.5 Å². The van der Waals surface area contributed by atoms with Crippen molar-refractivity contribution in [1.82, 2.24) is 10.2 Å². The lowest BCUT2D eigenvalue weighted by Crippen LogP contribution is -2.49. The highest BCUT2D eigenvalue weighted by Crippen LogP contribution is 2.20. The Morgan fingerprint density at radius 2 is 2.00 bits per heavy atom. The summed E-state index contributed by atoms with van der Waals surface area (Å²) in [6.07, 6.45) is 2.75. The van der Waals surface area contributed by atoms with E-state index in [-0.39, 0.29) is 17.5 Å². The minimum Gasteiger partial charge on any atom is -0.384 e. The molecule has 1 amide bonds. The van der Waals surface area contributed by atoms with Crippen LogP contribution in [0.1, 0.15) is 40.0 Å². The van der Waals surface area contributed by atoms with Gasteiger partial charge in [-0.05, 0) is 52.6 Å². The van der Waals surface area contributed by atoms with Gasteiger partial charge in [-0.1, -0.05) is 0 Å². The molecule has 3 N–H and O–H groups in total. The second-order valence-corrected chi connectivity index (χ2v) is 6.83. The maximum Gasteiger partial charge on any atom is 0.222 e. The maximum atomic E-state index is 12.0. The van der Waals surface area contributed by atoms with Crippen molar-refractivity contribution in [3.8, 4) is 0 Å². The largest absolute Gasteiger partial charge is 0.384 e. The number of hydrogen-bond donors (Lipinski definition) is 2. The van der Waals surface area contributed by atoms with E-state index < -0.39 is 0 Å². The molecule has 0 spiro atoms. The molecule has 118 valence electrons. The Kier molecular flexibility index (Phi) is 6.92. The predicted molar refractivity (Wildman–Crippen MR) is 81.5 cm³/mol. The molecule has 1 heterocycles. The highest BCUT2D eigenvalue weighted by molar-refractivity contribution is 5.77. The molecule has 1 unspecified atom stereocenters. The summed E-state index contributed by atoms with van der Waals surface area (Å²) in [6.45, 7) is 9.39. The number of amides is 1. The van der Waals surface area contributed by atoms with Crippen LogP contribution >= 0.6 is 0 Å². The van der Waals surface area contributed by atoms with Crippen LogP contribution in [0.3, 0.4) is 0 Å². The van der Waals surface area contributed by atoms with E-state index in [1.807, 2.05) is 20.8 Å². The van der Waals surface area contributed by atoms with Crippen LogP contribution in [-0.2, 0) is 9.53 Å². The van der Waals surface area contributed by atoms with E-state index in [9.17, 15) is 4.79 Å². The van der Waals surface area contributed by atoms with Crippen molar-refractivity contribution in [3.05, 3.63) is 0 Å². The number of piperidine rings is 1. The first-order valence-corrected chi connectivity index (χ1v) is 7.59. The summed E-state index contributed by atoms with van der Waals surface area (Å²) in [6, 6.07) is 0.154. The Balaban J connectivity index is 2.41. The molecule has 1 atom stereocenters. The highest BCUT2D eigenvalue weighted by atomic mass is 16.5. The van der Waals surface area contributed by atoms with Crippen molar-refractivity contribution in [2.75, 3.05) is 33.4 Å². The van der Waals surface area contributed by atoms with E-state index in [4.69, 9.17) is 10.5 Å². The van der Waals surface area contributed by atoms with Crippen LogP contribution in [0.25, 0.3) is 0 Å². The number of hydrogen-bond acceptors (Lipinski definition) is 4. The monoisotopic (exact) mass is 285 g/mol. The van der Waals surface area contributed by atoms with Gasteiger partial charge in [-0.3, -0.25) is 9.69 Å². The first-order valence-electron chi connectivity index (χ1n) is 7.59. The summed E-state index contributed by atoms with van der Waals surface area (Å²) < 4.78 is 5.22. The van der Waals surface area contributed by atoms with Crippen LogP contribution in [0.2, 0.25) is 0 Å². The third-order valence-corrected chi connectivity index (χ3v) is 3.78. The van der Waals surface area contributed by atoms with Crippen LogP contribution in [0.15, 0.2) is 0 Å². The van der Waals surface area contributed by atoms with Gasteiger partial charge in [-0.2, -0.15) is 0 Å². The molecule has 5 nitrogen and oxygen atoms in total. The molecule has 0 aromatic heterocycles. The molecule has 0 saturated carbocycles. The van der Waals surface area contributed by atoms with Gasteiger partial charge in [0.25, 0.3) is 0 Å². The number of nitrogens with one attached hydrogen (secondary N) is 1. The smallest absolute Gasteiger partial charge is 0.222 e. The summed E-state index contributed by atoms with van der Waals surface area (Å²) in [5, 5.41) is 3.01. The van der Waals surface area contributed by atoms with Gasteiger partial charge in [0.05, 0.1) is 0 Å². The topological polar surface area (TPSA) is 67.6 Å². The van der Waals surface area contributed by atoms with Crippen LogP contribution in [0.4, 0.5) is 0 Å². The minimum atomic E-state index is -0.179. The van der Waals surface area contributed by atoms with Gasteiger partial charge in [-0.25, -0.2) is 0 Å². The maximum absolute atomic E-state index is 12.0. The van der Waals surface area contributed by atoms with Crippen molar-refractivity contribution >= 4 is 5.91 Å². The lowest BCUT2D eigenvalue weighted by atomic mass is 9.96. The molecule has 1 saturated heterocycles. The van der Waals surface area contributed by atoms with Gasteiger partial charge in [0.2, 0.25) is 5.91 Å². The zero-order valence-electron chi connectivity index (χ0n) is 13.4. The molecular formula is C15H31N3O2. The van der Waals surface area contributed by atoms with Gasteiger partial charge in [0.15, 0.2) is 0 Å². The van der Waals surface area contributed by atoms with Crippen molar-refractivity contribution in [3.63, 3.8) is 0 Å². The van der Waals surface area contributed by atoms with E-state index in [0.29, 0.717) is 18.9 Å². The van der Waals surface area contributed by atoms with Gasteiger partial charge in [0.1, 0.15) is 0 Å². The summed E-state index contributed by atoms with van der Waals surface area (Å²) in [5.41, 5.74) is 5.68. The van der Waals surface area contributed by atoms with Crippen LogP contribution in [-0.4, -0.2) is 55.7 Å². The van der Waals surface area contributed by atoms with Crippen LogP contribution < -0.4 is 11.1 Å². The van der Waals surface area contributed by atoms with E-state index in [2.05, 4.69) is 10.2 Å². The zero-order valence-corrected chi connectivity index (χ0v) is 13.4. The van der Waals surface area contributed by atoms with E-state index >= 15 is 0 Å². The molecule has 0 bridgehead atoms. The first kappa shape index (κ1) is 17.4. The zero-order chi connectivity index (χ0) is 15.2. The van der Waals surface area contributed by atoms with Gasteiger partial charge >= 0.3 is 0 Å². The number of nitrogens with zero attached hydrogens (tertiary/aromatic N) is 1. The molecule has 1 rings (SSSR count).